The fourth-order valence-corrected chi connectivity index (χ4v) is 4.36. The molecule has 2 rings (SSSR count). The summed E-state index contributed by atoms with van der Waals surface area (Å²) in [5, 5.41) is 3.57. The Balaban J connectivity index is 2.43. The predicted octanol–water partition coefficient (Wildman–Crippen LogP) is 3.58. The lowest BCUT2D eigenvalue weighted by molar-refractivity contribution is -0.139. The highest BCUT2D eigenvalue weighted by Crippen LogP contribution is 2.27. The van der Waals surface area contributed by atoms with Crippen molar-refractivity contribution in [2.75, 3.05) is 24.2 Å². The van der Waals surface area contributed by atoms with E-state index in [1.54, 1.807) is 18.2 Å². The van der Waals surface area contributed by atoms with Crippen molar-refractivity contribution in [1.29, 1.82) is 0 Å². The fourth-order valence-electron chi connectivity index (χ4n) is 2.87. The minimum absolute atomic E-state index is 0.0792. The molecule has 7 nitrogen and oxygen atoms in total. The number of likely N-dealkylation sites (N-methyl/N-ethyl adjacent to an activating group) is 1. The predicted molar refractivity (Wildman–Crippen MR) is 124 cm³/mol. The first kappa shape index (κ1) is 25.3. The van der Waals surface area contributed by atoms with E-state index < -0.39 is 34.4 Å². The first-order chi connectivity index (χ1) is 14.5. The molecule has 0 saturated heterocycles. The maximum absolute atomic E-state index is 13.3. The second kappa shape index (κ2) is 10.5. The van der Waals surface area contributed by atoms with Crippen LogP contribution >= 0.6 is 34.8 Å². The van der Waals surface area contributed by atoms with Crippen LogP contribution in [0.5, 0.6) is 0 Å². The number of carbonyl (C=O) groups excluding carboxylic acids is 2. The molecule has 2 aromatic rings. The number of anilines is 1. The van der Waals surface area contributed by atoms with E-state index in [9.17, 15) is 18.0 Å². The summed E-state index contributed by atoms with van der Waals surface area (Å²) in [6.45, 7) is 0.933. The standard InChI is InChI=1S/C20H22Cl3N3O4S/c1-13(20(28)24-2)25(11-16-17(22)5-4-6-18(16)23)19(27)12-26(31(3,29)30)15-9-7-14(21)8-10-15/h4-10,13H,11-12H2,1-3H3,(H,24,28). The molecule has 1 N–H and O–H groups in total. The summed E-state index contributed by atoms with van der Waals surface area (Å²) in [5.74, 6) is -1.03. The Morgan fingerprint density at radius 1 is 1.03 bits per heavy atom. The first-order valence-electron chi connectivity index (χ1n) is 9.13. The number of nitrogens with zero attached hydrogens (tertiary/aromatic N) is 2. The molecule has 0 aliphatic carbocycles. The number of benzene rings is 2. The molecule has 0 radical (unpaired) electrons. The molecule has 0 aliphatic rings. The summed E-state index contributed by atoms with van der Waals surface area (Å²) in [7, 11) is -2.37. The smallest absolute Gasteiger partial charge is 0.244 e. The van der Waals surface area contributed by atoms with Crippen LogP contribution in [0.2, 0.25) is 15.1 Å². The Hall–Kier alpha value is -2.00. The highest BCUT2D eigenvalue weighted by molar-refractivity contribution is 7.92. The van der Waals surface area contributed by atoms with E-state index >= 15 is 0 Å². The van der Waals surface area contributed by atoms with Gasteiger partial charge in [-0.15, -0.1) is 0 Å². The van der Waals surface area contributed by atoms with Gasteiger partial charge in [-0.2, -0.15) is 0 Å². The summed E-state index contributed by atoms with van der Waals surface area (Å²) in [6.07, 6.45) is 0.992. The van der Waals surface area contributed by atoms with E-state index in [0.29, 0.717) is 20.6 Å². The van der Waals surface area contributed by atoms with E-state index in [1.165, 1.54) is 43.1 Å². The fraction of sp³-hybridized carbons (Fsp3) is 0.300. The van der Waals surface area contributed by atoms with Gasteiger partial charge in [0, 0.05) is 34.2 Å². The zero-order valence-corrected chi connectivity index (χ0v) is 20.2. The Morgan fingerprint density at radius 2 is 1.58 bits per heavy atom. The van der Waals surface area contributed by atoms with E-state index in [2.05, 4.69) is 5.32 Å². The van der Waals surface area contributed by atoms with Crippen molar-refractivity contribution in [2.45, 2.75) is 19.5 Å². The summed E-state index contributed by atoms with van der Waals surface area (Å²) in [4.78, 5) is 26.8. The number of amides is 2. The third-order valence-corrected chi connectivity index (χ3v) is 6.70. The minimum Gasteiger partial charge on any atom is -0.357 e. The van der Waals surface area contributed by atoms with Gasteiger partial charge in [-0.25, -0.2) is 8.42 Å². The lowest BCUT2D eigenvalue weighted by atomic mass is 10.1. The van der Waals surface area contributed by atoms with Crippen LogP contribution in [0.4, 0.5) is 5.69 Å². The van der Waals surface area contributed by atoms with E-state index in [1.807, 2.05) is 0 Å². The van der Waals surface area contributed by atoms with Crippen molar-refractivity contribution >= 4 is 62.3 Å². The average Bonchev–Trinajstić information content (AvgIpc) is 2.70. The molecular weight excluding hydrogens is 485 g/mol. The molecule has 0 aromatic heterocycles. The molecule has 0 bridgehead atoms. The third kappa shape index (κ3) is 6.49. The Bertz CT molecular complexity index is 1040. The molecule has 0 saturated carbocycles. The second-order valence-corrected chi connectivity index (χ2v) is 9.92. The van der Waals surface area contributed by atoms with Crippen LogP contribution in [0.15, 0.2) is 42.5 Å². The van der Waals surface area contributed by atoms with Crippen LogP contribution in [-0.4, -0.2) is 51.0 Å². The molecule has 2 aromatic carbocycles. The third-order valence-electron chi connectivity index (χ3n) is 4.60. The van der Waals surface area contributed by atoms with Gasteiger partial charge in [0.2, 0.25) is 21.8 Å². The maximum Gasteiger partial charge on any atom is 0.244 e. The number of rotatable bonds is 8. The van der Waals surface area contributed by atoms with E-state index in [4.69, 9.17) is 34.8 Å². The van der Waals surface area contributed by atoms with Gasteiger partial charge in [0.05, 0.1) is 11.9 Å². The molecule has 0 spiro atoms. The lowest BCUT2D eigenvalue weighted by Gasteiger charge is -2.31. The van der Waals surface area contributed by atoms with Crippen molar-refractivity contribution < 1.29 is 18.0 Å². The van der Waals surface area contributed by atoms with Crippen LogP contribution in [0, 0.1) is 0 Å². The van der Waals surface area contributed by atoms with Crippen LogP contribution in [-0.2, 0) is 26.2 Å². The van der Waals surface area contributed by atoms with Crippen molar-refractivity contribution in [3.63, 3.8) is 0 Å². The summed E-state index contributed by atoms with van der Waals surface area (Å²) < 4.78 is 25.8. The van der Waals surface area contributed by atoms with Gasteiger partial charge in [-0.1, -0.05) is 40.9 Å². The highest BCUT2D eigenvalue weighted by atomic mass is 35.5. The second-order valence-electron chi connectivity index (χ2n) is 6.76. The number of sulfonamides is 1. The number of halogens is 3. The molecule has 11 heteroatoms. The summed E-state index contributed by atoms with van der Waals surface area (Å²) in [6, 6.07) is 10.0. The van der Waals surface area contributed by atoms with Crippen LogP contribution in [0.1, 0.15) is 12.5 Å². The zero-order chi connectivity index (χ0) is 23.3. The number of hydrogen-bond acceptors (Lipinski definition) is 4. The molecule has 0 heterocycles. The van der Waals surface area contributed by atoms with Crippen LogP contribution < -0.4 is 9.62 Å². The highest BCUT2D eigenvalue weighted by Gasteiger charge is 2.30. The van der Waals surface area contributed by atoms with Gasteiger partial charge in [-0.05, 0) is 43.3 Å². The van der Waals surface area contributed by atoms with Gasteiger partial charge in [-0.3, -0.25) is 13.9 Å². The Kier molecular flexibility index (Phi) is 8.59. The normalized spacial score (nSPS) is 12.2. The average molecular weight is 507 g/mol. The van der Waals surface area contributed by atoms with E-state index in [0.717, 1.165) is 10.6 Å². The quantitative estimate of drug-likeness (QED) is 0.593. The minimum atomic E-state index is -3.81. The SMILES string of the molecule is CNC(=O)C(C)N(Cc1c(Cl)cccc1Cl)C(=O)CN(c1ccc(Cl)cc1)S(C)(=O)=O. The maximum atomic E-state index is 13.3. The molecule has 2 amide bonds. The van der Waals surface area contributed by atoms with Crippen molar-refractivity contribution in [2.24, 2.45) is 0 Å². The Morgan fingerprint density at radius 3 is 2.06 bits per heavy atom. The van der Waals surface area contributed by atoms with Crippen LogP contribution in [0.25, 0.3) is 0 Å². The van der Waals surface area contributed by atoms with Gasteiger partial charge < -0.3 is 10.2 Å². The number of hydrogen-bond donors (Lipinski definition) is 1. The van der Waals surface area contributed by atoms with Gasteiger partial charge in [0.1, 0.15) is 12.6 Å². The molecule has 1 atom stereocenters. The van der Waals surface area contributed by atoms with Crippen molar-refractivity contribution in [1.82, 2.24) is 10.2 Å². The first-order valence-corrected chi connectivity index (χ1v) is 12.1. The zero-order valence-electron chi connectivity index (χ0n) is 17.1. The molecular formula is C20H22Cl3N3O4S. The topological polar surface area (TPSA) is 86.8 Å². The molecule has 0 fully saturated rings. The molecule has 31 heavy (non-hydrogen) atoms. The number of nitrogens with one attached hydrogen (secondary N) is 1. The summed E-state index contributed by atoms with van der Waals surface area (Å²) in [5.41, 5.74) is 0.718. The summed E-state index contributed by atoms with van der Waals surface area (Å²) >= 11 is 18.4. The van der Waals surface area contributed by atoms with Gasteiger partial charge in [0.25, 0.3) is 0 Å². The van der Waals surface area contributed by atoms with Crippen molar-refractivity contribution in [3.05, 3.63) is 63.1 Å². The van der Waals surface area contributed by atoms with Crippen molar-refractivity contribution in [3.8, 4) is 0 Å². The van der Waals surface area contributed by atoms with Gasteiger partial charge >= 0.3 is 0 Å². The molecule has 0 aliphatic heterocycles. The number of carbonyl (C=O) groups is 2. The van der Waals surface area contributed by atoms with Crippen LogP contribution in [0.3, 0.4) is 0 Å². The molecule has 1 unspecified atom stereocenters. The van der Waals surface area contributed by atoms with Gasteiger partial charge in [0.15, 0.2) is 0 Å². The Labute approximate surface area is 196 Å². The lowest BCUT2D eigenvalue weighted by Crippen LogP contribution is -2.50. The largest absolute Gasteiger partial charge is 0.357 e. The molecule has 168 valence electrons. The van der Waals surface area contributed by atoms with E-state index in [-0.39, 0.29) is 12.2 Å². The monoisotopic (exact) mass is 505 g/mol.